The van der Waals surface area contributed by atoms with E-state index in [1.165, 1.54) is 24.3 Å². The van der Waals surface area contributed by atoms with Crippen LogP contribution in [-0.4, -0.2) is 36.3 Å². The first kappa shape index (κ1) is 23.5. The van der Waals surface area contributed by atoms with Gasteiger partial charge in [-0.15, -0.1) is 0 Å². The molecule has 1 fully saturated rings. The lowest BCUT2D eigenvalue weighted by Gasteiger charge is -2.16. The first-order chi connectivity index (χ1) is 16.4. The summed E-state index contributed by atoms with van der Waals surface area (Å²) in [6.07, 6.45) is 4.16. The Bertz CT molecular complexity index is 1170. The van der Waals surface area contributed by atoms with Crippen LogP contribution in [-0.2, 0) is 14.3 Å². The molecule has 0 atom stereocenters. The number of nitrogens with zero attached hydrogens (tertiary/aromatic N) is 1. The second-order valence-electron chi connectivity index (χ2n) is 8.06. The molecule has 2 aromatic rings. The fourth-order valence-electron chi connectivity index (χ4n) is 4.03. The molecule has 0 bridgehead atoms. The highest BCUT2D eigenvalue weighted by Crippen LogP contribution is 2.30. The first-order valence-corrected chi connectivity index (χ1v) is 11.5. The maximum atomic E-state index is 13.0. The molecule has 0 saturated heterocycles. The molecule has 2 aliphatic rings. The minimum Gasteiger partial charge on any atom is -0.462 e. The van der Waals surface area contributed by atoms with E-state index < -0.39 is 17.8 Å². The zero-order chi connectivity index (χ0) is 24.2. The van der Waals surface area contributed by atoms with Crippen LogP contribution in [0.1, 0.15) is 53.3 Å². The Hall–Kier alpha value is -3.65. The molecule has 4 rings (SSSR count). The number of esters is 1. The SMILES string of the molecule is CCOC(=O)c1ccc(N2C(=O)C(Cl)=C(Nc3cccc(C(=O)NC4CCCC4)c3)C2=O)cc1. The number of hydrogen-bond acceptors (Lipinski definition) is 6. The van der Waals surface area contributed by atoms with Gasteiger partial charge in [0.1, 0.15) is 10.7 Å². The number of halogens is 1. The van der Waals surface area contributed by atoms with Gasteiger partial charge in [-0.25, -0.2) is 9.69 Å². The largest absolute Gasteiger partial charge is 0.462 e. The standard InChI is InChI=1S/C25H24ClN3O5/c1-2-34-25(33)15-10-12-19(13-11-15)29-23(31)20(26)21(24(29)32)27-18-9-5-6-16(14-18)22(30)28-17-7-3-4-8-17/h5-6,9-14,17,27H,2-4,7-8H2,1H3,(H,28,30). The fourth-order valence-corrected chi connectivity index (χ4v) is 4.24. The van der Waals surface area contributed by atoms with Crippen molar-refractivity contribution in [2.75, 3.05) is 16.8 Å². The summed E-state index contributed by atoms with van der Waals surface area (Å²) in [5.41, 5.74) is 1.37. The van der Waals surface area contributed by atoms with E-state index in [0.29, 0.717) is 16.8 Å². The Morgan fingerprint density at radius 1 is 1.03 bits per heavy atom. The molecule has 1 heterocycles. The Morgan fingerprint density at radius 3 is 2.41 bits per heavy atom. The van der Waals surface area contributed by atoms with Crippen LogP contribution in [0.2, 0.25) is 0 Å². The third-order valence-electron chi connectivity index (χ3n) is 5.75. The van der Waals surface area contributed by atoms with Gasteiger partial charge in [0.2, 0.25) is 0 Å². The maximum Gasteiger partial charge on any atom is 0.338 e. The molecule has 0 aromatic heterocycles. The molecule has 3 amide bonds. The van der Waals surface area contributed by atoms with Crippen molar-refractivity contribution in [3.63, 3.8) is 0 Å². The van der Waals surface area contributed by atoms with Crippen molar-refractivity contribution in [2.24, 2.45) is 0 Å². The fraction of sp³-hybridized carbons (Fsp3) is 0.280. The van der Waals surface area contributed by atoms with Crippen molar-refractivity contribution in [2.45, 2.75) is 38.6 Å². The molecule has 1 aliphatic carbocycles. The van der Waals surface area contributed by atoms with E-state index in [2.05, 4.69) is 10.6 Å². The Balaban J connectivity index is 1.49. The van der Waals surface area contributed by atoms with E-state index in [-0.39, 0.29) is 35.0 Å². The molecule has 176 valence electrons. The average Bonchev–Trinajstić information content (AvgIpc) is 3.42. The van der Waals surface area contributed by atoms with E-state index in [1.807, 2.05) is 0 Å². The number of nitrogens with one attached hydrogen (secondary N) is 2. The summed E-state index contributed by atoms with van der Waals surface area (Å²) in [6.45, 7) is 1.94. The average molecular weight is 482 g/mol. The minimum absolute atomic E-state index is 0.0884. The molecule has 0 unspecified atom stereocenters. The summed E-state index contributed by atoms with van der Waals surface area (Å²) < 4.78 is 4.95. The van der Waals surface area contributed by atoms with Crippen LogP contribution in [0, 0.1) is 0 Å². The van der Waals surface area contributed by atoms with E-state index in [4.69, 9.17) is 16.3 Å². The van der Waals surface area contributed by atoms with Gasteiger partial charge in [-0.2, -0.15) is 0 Å². The summed E-state index contributed by atoms with van der Waals surface area (Å²) in [7, 11) is 0. The number of rotatable bonds is 7. The highest BCUT2D eigenvalue weighted by atomic mass is 35.5. The summed E-state index contributed by atoms with van der Waals surface area (Å²) in [4.78, 5) is 51.1. The third kappa shape index (κ3) is 4.82. The number of carbonyl (C=O) groups is 4. The zero-order valence-electron chi connectivity index (χ0n) is 18.6. The smallest absolute Gasteiger partial charge is 0.338 e. The summed E-state index contributed by atoms with van der Waals surface area (Å²) in [5, 5.41) is 5.65. The Kier molecular flexibility index (Phi) is 6.98. The normalized spacial score (nSPS) is 16.2. The Labute approximate surface area is 201 Å². The predicted molar refractivity (Wildman–Crippen MR) is 128 cm³/mol. The van der Waals surface area contributed by atoms with Gasteiger partial charge in [-0.1, -0.05) is 30.5 Å². The van der Waals surface area contributed by atoms with Gasteiger partial charge < -0.3 is 15.4 Å². The number of amides is 3. The van der Waals surface area contributed by atoms with Crippen LogP contribution >= 0.6 is 11.6 Å². The van der Waals surface area contributed by atoms with Crippen LogP contribution in [0.25, 0.3) is 0 Å². The van der Waals surface area contributed by atoms with Crippen molar-refractivity contribution >= 4 is 46.7 Å². The highest BCUT2D eigenvalue weighted by Gasteiger charge is 2.39. The van der Waals surface area contributed by atoms with Crippen molar-refractivity contribution in [1.29, 1.82) is 0 Å². The van der Waals surface area contributed by atoms with Crippen molar-refractivity contribution in [3.8, 4) is 0 Å². The van der Waals surface area contributed by atoms with E-state index in [1.54, 1.807) is 31.2 Å². The van der Waals surface area contributed by atoms with Crippen LogP contribution < -0.4 is 15.5 Å². The number of anilines is 2. The molecular formula is C25H24ClN3O5. The van der Waals surface area contributed by atoms with Crippen LogP contribution in [0.15, 0.2) is 59.3 Å². The molecule has 2 aromatic carbocycles. The monoisotopic (exact) mass is 481 g/mol. The number of imide groups is 1. The van der Waals surface area contributed by atoms with E-state index in [0.717, 1.165) is 30.6 Å². The number of benzene rings is 2. The quantitative estimate of drug-likeness (QED) is 0.458. The van der Waals surface area contributed by atoms with E-state index in [9.17, 15) is 19.2 Å². The predicted octanol–water partition coefficient (Wildman–Crippen LogP) is 3.97. The Morgan fingerprint density at radius 2 is 1.74 bits per heavy atom. The van der Waals surface area contributed by atoms with Gasteiger partial charge in [-0.3, -0.25) is 14.4 Å². The van der Waals surface area contributed by atoms with Gasteiger partial charge in [0.15, 0.2) is 0 Å². The van der Waals surface area contributed by atoms with Gasteiger partial charge in [0.25, 0.3) is 17.7 Å². The molecule has 1 saturated carbocycles. The van der Waals surface area contributed by atoms with Crippen molar-refractivity contribution in [3.05, 3.63) is 70.4 Å². The second-order valence-corrected chi connectivity index (χ2v) is 8.44. The summed E-state index contributed by atoms with van der Waals surface area (Å²) in [6, 6.07) is 12.7. The molecular weight excluding hydrogens is 458 g/mol. The molecule has 2 N–H and O–H groups in total. The second kappa shape index (κ2) is 10.1. The highest BCUT2D eigenvalue weighted by molar-refractivity contribution is 6.53. The first-order valence-electron chi connectivity index (χ1n) is 11.1. The van der Waals surface area contributed by atoms with Gasteiger partial charge in [0, 0.05) is 17.3 Å². The van der Waals surface area contributed by atoms with Gasteiger partial charge in [-0.05, 0) is 62.2 Å². The zero-order valence-corrected chi connectivity index (χ0v) is 19.4. The van der Waals surface area contributed by atoms with Crippen LogP contribution in [0.4, 0.5) is 11.4 Å². The molecule has 8 nitrogen and oxygen atoms in total. The lowest BCUT2D eigenvalue weighted by molar-refractivity contribution is -0.120. The van der Waals surface area contributed by atoms with Crippen molar-refractivity contribution in [1.82, 2.24) is 5.32 Å². The molecule has 1 aliphatic heterocycles. The summed E-state index contributed by atoms with van der Waals surface area (Å²) in [5.74, 6) is -2.01. The topological polar surface area (TPSA) is 105 Å². The van der Waals surface area contributed by atoms with Gasteiger partial charge in [0.05, 0.1) is 17.9 Å². The molecule has 0 spiro atoms. The van der Waals surface area contributed by atoms with Crippen LogP contribution in [0.5, 0.6) is 0 Å². The summed E-state index contributed by atoms with van der Waals surface area (Å²) >= 11 is 6.21. The van der Waals surface area contributed by atoms with Crippen molar-refractivity contribution < 1.29 is 23.9 Å². The number of ether oxygens (including phenoxy) is 1. The molecule has 0 radical (unpaired) electrons. The number of carbonyl (C=O) groups excluding carboxylic acids is 4. The third-order valence-corrected chi connectivity index (χ3v) is 6.10. The minimum atomic E-state index is -0.687. The van der Waals surface area contributed by atoms with Gasteiger partial charge >= 0.3 is 5.97 Å². The maximum absolute atomic E-state index is 13.0. The lowest BCUT2D eigenvalue weighted by atomic mass is 10.1. The van der Waals surface area contributed by atoms with Crippen LogP contribution in [0.3, 0.4) is 0 Å². The molecule has 9 heteroatoms. The van der Waals surface area contributed by atoms with E-state index >= 15 is 0 Å². The number of hydrogen-bond donors (Lipinski definition) is 2. The lowest BCUT2D eigenvalue weighted by Crippen LogP contribution is -2.32. The molecule has 34 heavy (non-hydrogen) atoms.